The first-order valence-corrected chi connectivity index (χ1v) is 9.98. The maximum absolute atomic E-state index is 12.2. The Labute approximate surface area is 162 Å². The van der Waals surface area contributed by atoms with E-state index < -0.39 is 34.1 Å². The Morgan fingerprint density at radius 2 is 1.75 bits per heavy atom. The molecule has 9 heteroatoms. The molecule has 150 valence electrons. The maximum atomic E-state index is 12.2. The van der Waals surface area contributed by atoms with Crippen LogP contribution >= 0.6 is 0 Å². The number of hydrogen-bond acceptors (Lipinski definition) is 7. The summed E-state index contributed by atoms with van der Waals surface area (Å²) in [6.07, 6.45) is 0.129. The van der Waals surface area contributed by atoms with Gasteiger partial charge in [0.15, 0.2) is 16.4 Å². The lowest BCUT2D eigenvalue weighted by Gasteiger charge is -2.09. The number of aromatic carboxylic acids is 1. The number of aryl methyl sites for hydroxylation is 1. The summed E-state index contributed by atoms with van der Waals surface area (Å²) in [4.78, 5) is 22.8. The van der Waals surface area contributed by atoms with Gasteiger partial charge in [-0.2, -0.15) is 0 Å². The number of carbonyl (C=O) groups is 2. The number of aromatic hydroxyl groups is 1. The van der Waals surface area contributed by atoms with Gasteiger partial charge in [-0.25, -0.2) is 18.0 Å². The Balaban J connectivity index is 1.76. The fourth-order valence-corrected chi connectivity index (χ4v) is 3.54. The van der Waals surface area contributed by atoms with Crippen LogP contribution in [0.3, 0.4) is 0 Å². The second-order valence-corrected chi connectivity index (χ2v) is 8.09. The fourth-order valence-electron chi connectivity index (χ4n) is 2.26. The molecule has 0 aliphatic carbocycles. The molecule has 2 aromatic carbocycles. The fraction of sp³-hybridized carbons (Fsp3) is 0.263. The molecule has 0 aliphatic heterocycles. The molecule has 2 rings (SSSR count). The third kappa shape index (κ3) is 5.98. The van der Waals surface area contributed by atoms with Crippen molar-refractivity contribution in [2.75, 3.05) is 19.0 Å². The molecule has 0 bridgehead atoms. The van der Waals surface area contributed by atoms with Crippen LogP contribution < -0.4 is 4.74 Å². The topological polar surface area (TPSA) is 127 Å². The molecular weight excluding hydrogens is 388 g/mol. The second-order valence-electron chi connectivity index (χ2n) is 5.98. The molecule has 28 heavy (non-hydrogen) atoms. The van der Waals surface area contributed by atoms with Gasteiger partial charge in [0.1, 0.15) is 17.1 Å². The van der Waals surface area contributed by atoms with Crippen molar-refractivity contribution in [1.29, 1.82) is 0 Å². The third-order valence-corrected chi connectivity index (χ3v) is 5.57. The van der Waals surface area contributed by atoms with Gasteiger partial charge in [0.25, 0.3) is 0 Å². The number of phenols is 1. The lowest BCUT2D eigenvalue weighted by Crippen LogP contribution is -2.17. The number of benzene rings is 2. The van der Waals surface area contributed by atoms with E-state index in [2.05, 4.69) is 0 Å². The molecule has 0 aromatic heterocycles. The van der Waals surface area contributed by atoms with E-state index in [-0.39, 0.29) is 35.0 Å². The highest BCUT2D eigenvalue weighted by Crippen LogP contribution is 2.23. The van der Waals surface area contributed by atoms with Gasteiger partial charge in [-0.15, -0.1) is 0 Å². The predicted molar refractivity (Wildman–Crippen MR) is 99.4 cm³/mol. The molecule has 8 nitrogen and oxygen atoms in total. The molecule has 0 radical (unpaired) electrons. The van der Waals surface area contributed by atoms with Crippen LogP contribution in [0.5, 0.6) is 11.5 Å². The van der Waals surface area contributed by atoms with Crippen molar-refractivity contribution in [3.05, 3.63) is 53.6 Å². The van der Waals surface area contributed by atoms with Gasteiger partial charge in [-0.05, 0) is 43.7 Å². The number of sulfone groups is 1. The first-order chi connectivity index (χ1) is 13.2. The minimum atomic E-state index is -3.45. The van der Waals surface area contributed by atoms with Gasteiger partial charge in [-0.3, -0.25) is 0 Å². The van der Waals surface area contributed by atoms with Crippen molar-refractivity contribution in [2.45, 2.75) is 18.2 Å². The lowest BCUT2D eigenvalue weighted by molar-refractivity contribution is -0.146. The van der Waals surface area contributed by atoms with Crippen LogP contribution in [-0.2, 0) is 19.4 Å². The zero-order valence-electron chi connectivity index (χ0n) is 15.1. The number of esters is 1. The number of carbonyl (C=O) groups excluding carboxylic acids is 1. The van der Waals surface area contributed by atoms with E-state index >= 15 is 0 Å². The van der Waals surface area contributed by atoms with Crippen LogP contribution in [0, 0.1) is 6.92 Å². The van der Waals surface area contributed by atoms with Gasteiger partial charge in [0.05, 0.1) is 17.3 Å². The Bertz CT molecular complexity index is 948. The zero-order valence-corrected chi connectivity index (χ0v) is 15.9. The van der Waals surface area contributed by atoms with Crippen molar-refractivity contribution in [3.8, 4) is 11.5 Å². The molecule has 0 amide bonds. The average Bonchev–Trinajstić information content (AvgIpc) is 2.64. The molecule has 0 aliphatic rings. The number of ether oxygens (including phenoxy) is 2. The quantitative estimate of drug-likeness (QED) is 0.477. The molecule has 0 fully saturated rings. The highest BCUT2D eigenvalue weighted by Gasteiger charge is 2.15. The molecule has 0 saturated heterocycles. The average molecular weight is 408 g/mol. The van der Waals surface area contributed by atoms with E-state index in [0.717, 1.165) is 17.7 Å². The number of carboxylic acid groups (broad SMARTS) is 1. The molecular formula is C19H20O8S. The first kappa shape index (κ1) is 21.2. The summed E-state index contributed by atoms with van der Waals surface area (Å²) in [5, 5.41) is 18.3. The Morgan fingerprint density at radius 3 is 2.39 bits per heavy atom. The van der Waals surface area contributed by atoms with Crippen LogP contribution in [0.25, 0.3) is 0 Å². The van der Waals surface area contributed by atoms with Crippen molar-refractivity contribution in [3.63, 3.8) is 0 Å². The van der Waals surface area contributed by atoms with Crippen LogP contribution in [0.4, 0.5) is 0 Å². The highest BCUT2D eigenvalue weighted by atomic mass is 32.2. The summed E-state index contributed by atoms with van der Waals surface area (Å²) >= 11 is 0. The minimum absolute atomic E-state index is 0.0779. The molecule has 2 aromatic rings. The molecule has 0 atom stereocenters. The van der Waals surface area contributed by atoms with E-state index in [9.17, 15) is 23.1 Å². The summed E-state index contributed by atoms with van der Waals surface area (Å²) in [6, 6.07) is 10.0. The maximum Gasteiger partial charge on any atom is 0.344 e. The van der Waals surface area contributed by atoms with Crippen molar-refractivity contribution >= 4 is 21.8 Å². The Kier molecular flexibility index (Phi) is 7.00. The van der Waals surface area contributed by atoms with Crippen LogP contribution in [0.2, 0.25) is 0 Å². The SMILES string of the molecule is Cc1ccc(S(=O)(=O)CCCOC(=O)COc2ccc(O)c(C(=O)O)c2)cc1. The van der Waals surface area contributed by atoms with Gasteiger partial charge < -0.3 is 19.7 Å². The van der Waals surface area contributed by atoms with Crippen molar-refractivity contribution < 1.29 is 37.7 Å². The summed E-state index contributed by atoms with van der Waals surface area (Å²) in [6.45, 7) is 1.29. The minimum Gasteiger partial charge on any atom is -0.507 e. The van der Waals surface area contributed by atoms with Crippen LogP contribution in [0.15, 0.2) is 47.4 Å². The molecule has 0 heterocycles. The summed E-state index contributed by atoms with van der Waals surface area (Å²) in [5.41, 5.74) is 0.601. The molecule has 0 saturated carbocycles. The lowest BCUT2D eigenvalue weighted by atomic mass is 10.2. The summed E-state index contributed by atoms with van der Waals surface area (Å²) in [5.74, 6) is -2.56. The van der Waals surface area contributed by atoms with Crippen molar-refractivity contribution in [2.24, 2.45) is 0 Å². The molecule has 0 unspecified atom stereocenters. The third-order valence-electron chi connectivity index (χ3n) is 3.76. The van der Waals surface area contributed by atoms with E-state index in [1.54, 1.807) is 12.1 Å². The number of hydrogen-bond donors (Lipinski definition) is 2. The highest BCUT2D eigenvalue weighted by molar-refractivity contribution is 7.91. The first-order valence-electron chi connectivity index (χ1n) is 8.33. The monoisotopic (exact) mass is 408 g/mol. The second kappa shape index (κ2) is 9.23. The van der Waals surface area contributed by atoms with E-state index in [1.807, 2.05) is 6.92 Å². The van der Waals surface area contributed by atoms with Gasteiger partial charge in [0, 0.05) is 0 Å². The van der Waals surface area contributed by atoms with Crippen LogP contribution in [0.1, 0.15) is 22.3 Å². The molecule has 0 spiro atoms. The largest absolute Gasteiger partial charge is 0.507 e. The van der Waals surface area contributed by atoms with Gasteiger partial charge >= 0.3 is 11.9 Å². The van der Waals surface area contributed by atoms with E-state index in [0.29, 0.717) is 0 Å². The predicted octanol–water partition coefficient (Wildman–Crippen LogP) is 2.18. The zero-order chi connectivity index (χ0) is 20.7. The molecule has 2 N–H and O–H groups in total. The van der Waals surface area contributed by atoms with Gasteiger partial charge in [-0.1, -0.05) is 17.7 Å². The Morgan fingerprint density at radius 1 is 1.07 bits per heavy atom. The standard InChI is InChI=1S/C19H20O8S/c1-13-3-6-15(7-4-13)28(24,25)10-2-9-26-18(21)12-27-14-5-8-17(20)16(11-14)19(22)23/h3-8,11,20H,2,9-10,12H2,1H3,(H,22,23). The van der Waals surface area contributed by atoms with E-state index in [4.69, 9.17) is 14.6 Å². The van der Waals surface area contributed by atoms with Crippen LogP contribution in [-0.4, -0.2) is 49.5 Å². The Hall–Kier alpha value is -3.07. The number of rotatable bonds is 9. The summed E-state index contributed by atoms with van der Waals surface area (Å²) < 4.78 is 34.4. The smallest absolute Gasteiger partial charge is 0.344 e. The number of carboxylic acids is 1. The van der Waals surface area contributed by atoms with Gasteiger partial charge in [0.2, 0.25) is 0 Å². The summed E-state index contributed by atoms with van der Waals surface area (Å²) in [7, 11) is -3.45. The van der Waals surface area contributed by atoms with E-state index in [1.165, 1.54) is 18.2 Å². The normalized spacial score (nSPS) is 11.0. The van der Waals surface area contributed by atoms with Crippen molar-refractivity contribution in [1.82, 2.24) is 0 Å².